The first kappa shape index (κ1) is 17.5. The highest BCUT2D eigenvalue weighted by molar-refractivity contribution is 7.95. The van der Waals surface area contributed by atoms with Crippen LogP contribution in [0.5, 0.6) is 5.75 Å². The second-order valence-electron chi connectivity index (χ2n) is 4.97. The van der Waals surface area contributed by atoms with Crippen LogP contribution in [0.1, 0.15) is 18.4 Å². The number of carbonyl (C=O) groups is 1. The third-order valence-corrected chi connectivity index (χ3v) is 4.02. The van der Waals surface area contributed by atoms with Crippen LogP contribution in [0.4, 0.5) is 13.2 Å². The lowest BCUT2D eigenvalue weighted by Crippen LogP contribution is -2.15. The Labute approximate surface area is 136 Å². The van der Waals surface area contributed by atoms with Crippen molar-refractivity contribution in [3.05, 3.63) is 42.0 Å². The number of methoxy groups -OCH3 is 1. The summed E-state index contributed by atoms with van der Waals surface area (Å²) in [6.07, 6.45) is -4.36. The normalized spacial score (nSPS) is 12.9. The highest BCUT2D eigenvalue weighted by atomic mass is 32.2. The summed E-state index contributed by atoms with van der Waals surface area (Å²) in [5.41, 5.74) is 0.681. The molecule has 0 aliphatic carbocycles. The van der Waals surface area contributed by atoms with Crippen LogP contribution < -0.4 is 4.74 Å². The molecule has 0 fully saturated rings. The van der Waals surface area contributed by atoms with Crippen molar-refractivity contribution in [3.8, 4) is 5.75 Å². The summed E-state index contributed by atoms with van der Waals surface area (Å²) in [5, 5.41) is 1.85. The van der Waals surface area contributed by atoms with E-state index in [0.717, 1.165) is 16.5 Å². The number of fused-ring (bicyclic) bond motifs is 1. The van der Waals surface area contributed by atoms with Gasteiger partial charge in [0.25, 0.3) is 0 Å². The molecule has 0 radical (unpaired) electrons. The zero-order valence-corrected chi connectivity index (χ0v) is 13.3. The van der Waals surface area contributed by atoms with Gasteiger partial charge < -0.3 is 8.92 Å². The molecule has 0 saturated carbocycles. The summed E-state index contributed by atoms with van der Waals surface area (Å²) < 4.78 is 45.9. The number of alkyl halides is 3. The van der Waals surface area contributed by atoms with Crippen molar-refractivity contribution in [3.63, 3.8) is 0 Å². The van der Waals surface area contributed by atoms with Crippen LogP contribution in [-0.2, 0) is 8.98 Å². The third kappa shape index (κ3) is 4.79. The van der Waals surface area contributed by atoms with Crippen LogP contribution in [0, 0.1) is 0 Å². The first-order valence-corrected chi connectivity index (χ1v) is 7.69. The first-order valence-electron chi connectivity index (χ1n) is 6.78. The van der Waals surface area contributed by atoms with Crippen LogP contribution in [0.3, 0.4) is 0 Å². The van der Waals surface area contributed by atoms with Crippen LogP contribution in [0.25, 0.3) is 10.8 Å². The number of ether oxygens (including phenoxy) is 1. The standard InChI is InChI=1S/C16H15F3O3S/c1-10(15(20)22-23-9-16(17,18)19)11-3-4-13-8-14(21-2)6-5-12(13)7-11/h3-8,10H,9H2,1-2H3/t10-/m0/s1. The van der Waals surface area contributed by atoms with E-state index in [-0.39, 0.29) is 12.0 Å². The van der Waals surface area contributed by atoms with Crippen molar-refractivity contribution in [2.24, 2.45) is 0 Å². The highest BCUT2D eigenvalue weighted by Crippen LogP contribution is 2.28. The summed E-state index contributed by atoms with van der Waals surface area (Å²) in [7, 11) is 1.58. The second kappa shape index (κ2) is 7.12. The molecule has 0 amide bonds. The molecule has 0 aliphatic heterocycles. The molecule has 0 aromatic heterocycles. The fraction of sp³-hybridized carbons (Fsp3) is 0.312. The molecule has 23 heavy (non-hydrogen) atoms. The summed E-state index contributed by atoms with van der Waals surface area (Å²) in [6, 6.07) is 10.9. The Bertz CT molecular complexity index is 701. The molecule has 0 aliphatic rings. The van der Waals surface area contributed by atoms with Crippen molar-refractivity contribution < 1.29 is 26.9 Å². The molecular formula is C16H15F3O3S. The predicted molar refractivity (Wildman–Crippen MR) is 83.5 cm³/mol. The van der Waals surface area contributed by atoms with Gasteiger partial charge in [-0.15, -0.1) is 0 Å². The summed E-state index contributed by atoms with van der Waals surface area (Å²) in [5.74, 6) is -1.85. The monoisotopic (exact) mass is 344 g/mol. The average molecular weight is 344 g/mol. The lowest BCUT2D eigenvalue weighted by atomic mass is 9.98. The van der Waals surface area contributed by atoms with E-state index in [2.05, 4.69) is 4.18 Å². The lowest BCUT2D eigenvalue weighted by Gasteiger charge is -2.12. The Balaban J connectivity index is 2.08. The lowest BCUT2D eigenvalue weighted by molar-refractivity contribution is -0.134. The van der Waals surface area contributed by atoms with Gasteiger partial charge >= 0.3 is 12.1 Å². The molecule has 3 nitrogen and oxygen atoms in total. The van der Waals surface area contributed by atoms with Gasteiger partial charge in [0, 0.05) is 0 Å². The van der Waals surface area contributed by atoms with Crippen molar-refractivity contribution >= 4 is 28.8 Å². The fourth-order valence-electron chi connectivity index (χ4n) is 2.00. The molecule has 1 atom stereocenters. The Morgan fingerprint density at radius 2 is 1.83 bits per heavy atom. The van der Waals surface area contributed by atoms with Crippen LogP contribution in [-0.4, -0.2) is 25.0 Å². The van der Waals surface area contributed by atoms with E-state index in [4.69, 9.17) is 4.74 Å². The van der Waals surface area contributed by atoms with Crippen LogP contribution in [0.2, 0.25) is 0 Å². The molecular weight excluding hydrogens is 329 g/mol. The maximum absolute atomic E-state index is 12.0. The van der Waals surface area contributed by atoms with Crippen molar-refractivity contribution in [2.45, 2.75) is 19.0 Å². The van der Waals surface area contributed by atoms with Crippen LogP contribution in [0.15, 0.2) is 36.4 Å². The quantitative estimate of drug-likeness (QED) is 0.736. The Hall–Kier alpha value is -1.89. The van der Waals surface area contributed by atoms with Gasteiger partial charge in [0.15, 0.2) is 0 Å². The third-order valence-electron chi connectivity index (χ3n) is 3.29. The van der Waals surface area contributed by atoms with Gasteiger partial charge in [0.2, 0.25) is 0 Å². The van der Waals surface area contributed by atoms with Crippen molar-refractivity contribution in [1.29, 1.82) is 0 Å². The van der Waals surface area contributed by atoms with E-state index < -0.39 is 23.8 Å². The van der Waals surface area contributed by atoms with E-state index >= 15 is 0 Å². The molecule has 2 aromatic carbocycles. The zero-order valence-electron chi connectivity index (χ0n) is 12.5. The van der Waals surface area contributed by atoms with E-state index in [1.807, 2.05) is 24.3 Å². The average Bonchev–Trinajstić information content (AvgIpc) is 2.51. The molecule has 0 heterocycles. The summed E-state index contributed by atoms with van der Waals surface area (Å²) >= 11 is 0.109. The number of hydrogen-bond donors (Lipinski definition) is 0. The van der Waals surface area contributed by atoms with Crippen LogP contribution >= 0.6 is 12.0 Å². The molecule has 124 valence electrons. The molecule has 2 aromatic rings. The maximum atomic E-state index is 12.0. The largest absolute Gasteiger partial charge is 0.497 e. The smallest absolute Gasteiger partial charge is 0.401 e. The minimum Gasteiger partial charge on any atom is -0.497 e. The fourth-order valence-corrected chi connectivity index (χ4v) is 2.45. The van der Waals surface area contributed by atoms with Gasteiger partial charge in [0.05, 0.1) is 25.1 Å². The van der Waals surface area contributed by atoms with Crippen molar-refractivity contribution in [1.82, 2.24) is 0 Å². The molecule has 2 rings (SSSR count). The van der Waals surface area contributed by atoms with Gasteiger partial charge in [-0.05, 0) is 35.4 Å². The second-order valence-corrected chi connectivity index (χ2v) is 5.66. The van der Waals surface area contributed by atoms with Gasteiger partial charge in [-0.3, -0.25) is 4.79 Å². The number of benzene rings is 2. The minimum atomic E-state index is -4.36. The molecule has 0 saturated heterocycles. The van der Waals surface area contributed by atoms with E-state index in [0.29, 0.717) is 5.56 Å². The highest BCUT2D eigenvalue weighted by Gasteiger charge is 2.29. The Kier molecular flexibility index (Phi) is 5.41. The number of halogens is 3. The van der Waals surface area contributed by atoms with E-state index in [1.165, 1.54) is 0 Å². The topological polar surface area (TPSA) is 35.5 Å². The number of carbonyl (C=O) groups excluding carboxylic acids is 1. The van der Waals surface area contributed by atoms with E-state index in [1.54, 1.807) is 26.2 Å². The SMILES string of the molecule is COc1ccc2cc([C@H](C)C(=O)OSCC(F)(F)F)ccc2c1. The number of rotatable bonds is 5. The molecule has 0 spiro atoms. The molecule has 0 unspecified atom stereocenters. The predicted octanol–water partition coefficient (Wildman–Crippen LogP) is 4.71. The Morgan fingerprint density at radius 1 is 1.17 bits per heavy atom. The molecule has 0 N–H and O–H groups in total. The molecule has 0 bridgehead atoms. The van der Waals surface area contributed by atoms with E-state index in [9.17, 15) is 18.0 Å². The van der Waals surface area contributed by atoms with Gasteiger partial charge in [-0.1, -0.05) is 24.3 Å². The molecule has 7 heteroatoms. The van der Waals surface area contributed by atoms with Gasteiger partial charge in [-0.2, -0.15) is 13.2 Å². The number of hydrogen-bond acceptors (Lipinski definition) is 4. The Morgan fingerprint density at radius 3 is 2.48 bits per heavy atom. The zero-order chi connectivity index (χ0) is 17.0. The first-order chi connectivity index (χ1) is 10.8. The van der Waals surface area contributed by atoms with Gasteiger partial charge in [-0.25, -0.2) is 0 Å². The van der Waals surface area contributed by atoms with Crippen molar-refractivity contribution in [2.75, 3.05) is 12.9 Å². The summed E-state index contributed by atoms with van der Waals surface area (Å²) in [4.78, 5) is 11.8. The summed E-state index contributed by atoms with van der Waals surface area (Å²) in [6.45, 7) is 1.60. The van der Waals surface area contributed by atoms with Gasteiger partial charge in [0.1, 0.15) is 11.5 Å². The minimum absolute atomic E-state index is 0.109. The maximum Gasteiger partial charge on any atom is 0.401 e.